The summed E-state index contributed by atoms with van der Waals surface area (Å²) >= 11 is 0. The van der Waals surface area contributed by atoms with Crippen LogP contribution in [0.25, 0.3) is 0 Å². The fraction of sp³-hybridized carbons (Fsp3) is 0.647. The van der Waals surface area contributed by atoms with Crippen molar-refractivity contribution in [3.8, 4) is 5.75 Å². The predicted molar refractivity (Wildman–Crippen MR) is 83.2 cm³/mol. The van der Waals surface area contributed by atoms with E-state index in [-0.39, 0.29) is 0 Å². The Morgan fingerprint density at radius 2 is 1.57 bits per heavy atom. The minimum absolute atomic E-state index is 0.355. The fourth-order valence-electron chi connectivity index (χ4n) is 3.15. The van der Waals surface area contributed by atoms with Crippen LogP contribution in [0.5, 0.6) is 5.75 Å². The van der Waals surface area contributed by atoms with Crippen molar-refractivity contribution in [2.45, 2.75) is 37.9 Å². The summed E-state index contributed by atoms with van der Waals surface area (Å²) in [7, 11) is 1.70. The zero-order chi connectivity index (χ0) is 14.5. The summed E-state index contributed by atoms with van der Waals surface area (Å²) in [6.45, 7) is 3.71. The van der Waals surface area contributed by atoms with E-state index >= 15 is 0 Å². The number of benzene rings is 1. The molecule has 21 heavy (non-hydrogen) atoms. The van der Waals surface area contributed by atoms with E-state index in [9.17, 15) is 0 Å². The van der Waals surface area contributed by atoms with Crippen LogP contribution in [0.4, 0.5) is 5.69 Å². The van der Waals surface area contributed by atoms with Crippen molar-refractivity contribution < 1.29 is 14.2 Å². The molecular formula is C17H25NO3. The van der Waals surface area contributed by atoms with Gasteiger partial charge in [-0.05, 0) is 49.9 Å². The molecule has 1 aromatic rings. The number of methoxy groups -OCH3 is 1. The van der Waals surface area contributed by atoms with E-state index in [1.807, 2.05) is 12.1 Å². The topological polar surface area (TPSA) is 30.9 Å². The minimum atomic E-state index is 0.355. The van der Waals surface area contributed by atoms with Crippen LogP contribution in [0.15, 0.2) is 24.3 Å². The smallest absolute Gasteiger partial charge is 0.119 e. The fourth-order valence-corrected chi connectivity index (χ4v) is 3.15. The van der Waals surface area contributed by atoms with Gasteiger partial charge in [0, 0.05) is 32.0 Å². The molecule has 0 N–H and O–H groups in total. The second kappa shape index (κ2) is 7.14. The van der Waals surface area contributed by atoms with E-state index < -0.39 is 0 Å². The van der Waals surface area contributed by atoms with E-state index in [2.05, 4.69) is 17.0 Å². The lowest BCUT2D eigenvalue weighted by molar-refractivity contribution is 0.0998. The third kappa shape index (κ3) is 3.89. The molecule has 0 radical (unpaired) electrons. The van der Waals surface area contributed by atoms with Gasteiger partial charge < -0.3 is 19.1 Å². The molecule has 2 fully saturated rings. The zero-order valence-electron chi connectivity index (χ0n) is 12.8. The molecule has 0 bridgehead atoms. The SMILES string of the molecule is COc1ccc(N(CC2CCCO2)CC2CCCO2)cc1. The third-order valence-corrected chi connectivity index (χ3v) is 4.33. The van der Waals surface area contributed by atoms with Gasteiger partial charge in [0.25, 0.3) is 0 Å². The van der Waals surface area contributed by atoms with Gasteiger partial charge in [-0.1, -0.05) is 0 Å². The Morgan fingerprint density at radius 1 is 1.00 bits per heavy atom. The molecule has 0 spiro atoms. The molecule has 2 unspecified atom stereocenters. The molecule has 116 valence electrons. The van der Waals surface area contributed by atoms with Crippen LogP contribution in [0.3, 0.4) is 0 Å². The number of hydrogen-bond acceptors (Lipinski definition) is 4. The second-order valence-electron chi connectivity index (χ2n) is 5.87. The first-order chi connectivity index (χ1) is 10.3. The summed E-state index contributed by atoms with van der Waals surface area (Å²) in [6.07, 6.45) is 5.40. The number of rotatable bonds is 6. The molecule has 0 aliphatic carbocycles. The largest absolute Gasteiger partial charge is 0.497 e. The van der Waals surface area contributed by atoms with Crippen LogP contribution >= 0.6 is 0 Å². The van der Waals surface area contributed by atoms with Crippen LogP contribution in [0.2, 0.25) is 0 Å². The molecular weight excluding hydrogens is 266 g/mol. The molecule has 1 aromatic carbocycles. The van der Waals surface area contributed by atoms with Crippen molar-refractivity contribution in [1.82, 2.24) is 0 Å². The molecule has 0 amide bonds. The zero-order valence-corrected chi connectivity index (χ0v) is 12.8. The third-order valence-electron chi connectivity index (χ3n) is 4.33. The summed E-state index contributed by atoms with van der Waals surface area (Å²) in [5.41, 5.74) is 1.22. The Kier molecular flexibility index (Phi) is 4.99. The van der Waals surface area contributed by atoms with Gasteiger partial charge in [0.05, 0.1) is 19.3 Å². The van der Waals surface area contributed by atoms with E-state index in [0.717, 1.165) is 44.9 Å². The minimum Gasteiger partial charge on any atom is -0.497 e. The van der Waals surface area contributed by atoms with Gasteiger partial charge in [0.1, 0.15) is 5.75 Å². The van der Waals surface area contributed by atoms with Crippen molar-refractivity contribution in [3.05, 3.63) is 24.3 Å². The van der Waals surface area contributed by atoms with Gasteiger partial charge in [-0.25, -0.2) is 0 Å². The highest BCUT2D eigenvalue weighted by Crippen LogP contribution is 2.24. The highest BCUT2D eigenvalue weighted by Gasteiger charge is 2.24. The van der Waals surface area contributed by atoms with E-state index in [4.69, 9.17) is 14.2 Å². The number of anilines is 1. The maximum atomic E-state index is 5.81. The highest BCUT2D eigenvalue weighted by molar-refractivity contribution is 5.49. The average Bonchev–Trinajstić information content (AvgIpc) is 3.20. The summed E-state index contributed by atoms with van der Waals surface area (Å²) in [6, 6.07) is 8.30. The summed E-state index contributed by atoms with van der Waals surface area (Å²) in [5, 5.41) is 0. The maximum absolute atomic E-state index is 5.81. The van der Waals surface area contributed by atoms with Gasteiger partial charge >= 0.3 is 0 Å². The molecule has 4 heteroatoms. The predicted octanol–water partition coefficient (Wildman–Crippen LogP) is 2.86. The Morgan fingerprint density at radius 3 is 2.00 bits per heavy atom. The molecule has 2 aliphatic heterocycles. The van der Waals surface area contributed by atoms with E-state index in [1.165, 1.54) is 18.5 Å². The standard InChI is InChI=1S/C17H25NO3/c1-19-15-8-6-14(7-9-15)18(12-16-4-2-10-20-16)13-17-5-3-11-21-17/h6-9,16-17H,2-5,10-13H2,1H3. The number of nitrogens with zero attached hydrogens (tertiary/aromatic N) is 1. The Labute approximate surface area is 127 Å². The van der Waals surface area contributed by atoms with Gasteiger partial charge in [-0.15, -0.1) is 0 Å². The monoisotopic (exact) mass is 291 g/mol. The van der Waals surface area contributed by atoms with Crippen LogP contribution in [0, 0.1) is 0 Å². The summed E-state index contributed by atoms with van der Waals surface area (Å²) < 4.78 is 16.9. The highest BCUT2D eigenvalue weighted by atomic mass is 16.5. The second-order valence-corrected chi connectivity index (χ2v) is 5.87. The normalized spacial score (nSPS) is 25.2. The van der Waals surface area contributed by atoms with Crippen LogP contribution in [0.1, 0.15) is 25.7 Å². The lowest BCUT2D eigenvalue weighted by Gasteiger charge is -2.29. The summed E-state index contributed by atoms with van der Waals surface area (Å²) in [5.74, 6) is 0.896. The molecule has 0 saturated carbocycles. The lowest BCUT2D eigenvalue weighted by Crippen LogP contribution is -2.37. The van der Waals surface area contributed by atoms with Gasteiger partial charge in [0.2, 0.25) is 0 Å². The summed E-state index contributed by atoms with van der Waals surface area (Å²) in [4.78, 5) is 2.41. The molecule has 2 heterocycles. The molecule has 2 aliphatic rings. The van der Waals surface area contributed by atoms with Gasteiger partial charge in [-0.3, -0.25) is 0 Å². The quantitative estimate of drug-likeness (QED) is 0.806. The van der Waals surface area contributed by atoms with Crippen molar-refractivity contribution in [2.24, 2.45) is 0 Å². The Bertz CT molecular complexity index is 404. The van der Waals surface area contributed by atoms with Crippen molar-refractivity contribution in [3.63, 3.8) is 0 Å². The Hall–Kier alpha value is -1.26. The van der Waals surface area contributed by atoms with Crippen LogP contribution in [-0.4, -0.2) is 45.6 Å². The lowest BCUT2D eigenvalue weighted by atomic mass is 10.1. The van der Waals surface area contributed by atoms with Crippen molar-refractivity contribution in [1.29, 1.82) is 0 Å². The average molecular weight is 291 g/mol. The van der Waals surface area contributed by atoms with E-state index in [1.54, 1.807) is 7.11 Å². The van der Waals surface area contributed by atoms with Gasteiger partial charge in [0.15, 0.2) is 0 Å². The van der Waals surface area contributed by atoms with Gasteiger partial charge in [-0.2, -0.15) is 0 Å². The molecule has 2 saturated heterocycles. The number of ether oxygens (including phenoxy) is 3. The number of hydrogen-bond donors (Lipinski definition) is 0. The molecule has 4 nitrogen and oxygen atoms in total. The molecule has 0 aromatic heterocycles. The van der Waals surface area contributed by atoms with Crippen molar-refractivity contribution in [2.75, 3.05) is 38.3 Å². The van der Waals surface area contributed by atoms with Crippen LogP contribution < -0.4 is 9.64 Å². The molecule has 3 rings (SSSR count). The first-order valence-corrected chi connectivity index (χ1v) is 7.97. The first kappa shape index (κ1) is 14.7. The first-order valence-electron chi connectivity index (χ1n) is 7.97. The maximum Gasteiger partial charge on any atom is 0.119 e. The molecule has 2 atom stereocenters. The van der Waals surface area contributed by atoms with E-state index in [0.29, 0.717) is 12.2 Å². The van der Waals surface area contributed by atoms with Crippen LogP contribution in [-0.2, 0) is 9.47 Å². The van der Waals surface area contributed by atoms with Crippen molar-refractivity contribution >= 4 is 5.69 Å². The Balaban J connectivity index is 1.69.